The molecular weight excluding hydrogens is 251 g/mol. The molecule has 18 heavy (non-hydrogen) atoms. The molecule has 0 radical (unpaired) electrons. The minimum absolute atomic E-state index is 0.0564. The highest BCUT2D eigenvalue weighted by Crippen LogP contribution is 2.44. The molecule has 0 saturated heterocycles. The van der Waals surface area contributed by atoms with Gasteiger partial charge in [0.15, 0.2) is 0 Å². The van der Waals surface area contributed by atoms with Crippen LogP contribution in [0, 0.1) is 11.2 Å². The van der Waals surface area contributed by atoms with Crippen LogP contribution in [0.4, 0.5) is 4.39 Å². The fraction of sp³-hybridized carbons (Fsp3) is 0.600. The van der Waals surface area contributed by atoms with Gasteiger partial charge in [-0.3, -0.25) is 0 Å². The number of rotatable bonds is 4. The highest BCUT2D eigenvalue weighted by Gasteiger charge is 2.38. The summed E-state index contributed by atoms with van der Waals surface area (Å²) < 4.78 is 13.1. The van der Waals surface area contributed by atoms with Crippen molar-refractivity contribution < 1.29 is 9.50 Å². The van der Waals surface area contributed by atoms with Gasteiger partial charge in [-0.1, -0.05) is 37.4 Å². The van der Waals surface area contributed by atoms with E-state index < -0.39 is 5.82 Å². The zero-order chi connectivity index (χ0) is 13.2. The van der Waals surface area contributed by atoms with Gasteiger partial charge in [-0.25, -0.2) is 4.39 Å². The molecule has 1 atom stereocenters. The molecule has 0 bridgehead atoms. The van der Waals surface area contributed by atoms with Crippen LogP contribution in [0.25, 0.3) is 0 Å². The summed E-state index contributed by atoms with van der Waals surface area (Å²) in [7, 11) is 0. The summed E-state index contributed by atoms with van der Waals surface area (Å²) in [5, 5.41) is 10.6. The van der Waals surface area contributed by atoms with Crippen LogP contribution in [0.15, 0.2) is 18.2 Å². The summed E-state index contributed by atoms with van der Waals surface area (Å²) >= 11 is 5.77. The van der Waals surface area contributed by atoms with E-state index in [1.165, 1.54) is 18.9 Å². The predicted molar refractivity (Wildman–Crippen MR) is 72.3 cm³/mol. The number of aliphatic hydroxyl groups excluding tert-OH is 1. The average molecular weight is 271 g/mol. The van der Waals surface area contributed by atoms with Crippen LogP contribution in [-0.4, -0.2) is 11.2 Å². The molecule has 1 aliphatic carbocycles. The number of halogens is 2. The van der Waals surface area contributed by atoms with Crippen molar-refractivity contribution in [1.82, 2.24) is 0 Å². The van der Waals surface area contributed by atoms with Crippen LogP contribution in [0.2, 0.25) is 5.02 Å². The molecule has 1 fully saturated rings. The van der Waals surface area contributed by atoms with Crippen LogP contribution in [0.5, 0.6) is 0 Å². The first kappa shape index (κ1) is 13.8. The van der Waals surface area contributed by atoms with Gasteiger partial charge in [-0.05, 0) is 48.8 Å². The van der Waals surface area contributed by atoms with Crippen molar-refractivity contribution in [3.05, 3.63) is 34.6 Å². The minimum Gasteiger partial charge on any atom is -0.392 e. The van der Waals surface area contributed by atoms with Gasteiger partial charge in [0.2, 0.25) is 0 Å². The van der Waals surface area contributed by atoms with Gasteiger partial charge >= 0.3 is 0 Å². The summed E-state index contributed by atoms with van der Waals surface area (Å²) in [5.74, 6) is -0.402. The first-order valence-corrected chi connectivity index (χ1v) is 7.07. The largest absolute Gasteiger partial charge is 0.392 e. The highest BCUT2D eigenvalue weighted by molar-refractivity contribution is 6.30. The van der Waals surface area contributed by atoms with E-state index in [0.29, 0.717) is 6.42 Å². The summed E-state index contributed by atoms with van der Waals surface area (Å²) in [4.78, 5) is 0. The van der Waals surface area contributed by atoms with Gasteiger partial charge in [-0.2, -0.15) is 0 Å². The summed E-state index contributed by atoms with van der Waals surface area (Å²) in [5.41, 5.74) is 0.967. The van der Waals surface area contributed by atoms with Crippen molar-refractivity contribution in [2.75, 3.05) is 0 Å². The highest BCUT2D eigenvalue weighted by atomic mass is 35.5. The van der Waals surface area contributed by atoms with Gasteiger partial charge in [-0.15, -0.1) is 0 Å². The predicted octanol–water partition coefficient (Wildman–Crippen LogP) is 4.35. The van der Waals surface area contributed by atoms with Gasteiger partial charge in [0.05, 0.1) is 11.1 Å². The quantitative estimate of drug-likeness (QED) is 0.862. The summed E-state index contributed by atoms with van der Waals surface area (Å²) in [6, 6.07) is 4.71. The molecule has 1 saturated carbocycles. The van der Waals surface area contributed by atoms with Crippen molar-refractivity contribution in [3.63, 3.8) is 0 Å². The van der Waals surface area contributed by atoms with E-state index in [1.54, 1.807) is 12.1 Å². The second-order valence-corrected chi connectivity index (χ2v) is 5.80. The second-order valence-electron chi connectivity index (χ2n) is 5.39. The molecule has 0 spiro atoms. The molecule has 1 aliphatic rings. The molecule has 0 heterocycles. The van der Waals surface area contributed by atoms with Crippen LogP contribution < -0.4 is 0 Å². The normalized spacial score (nSPS) is 20.0. The van der Waals surface area contributed by atoms with E-state index in [2.05, 4.69) is 6.92 Å². The van der Waals surface area contributed by atoms with E-state index in [4.69, 9.17) is 11.6 Å². The standard InChI is InChI=1S/C15H20ClFO/c1-2-15(7-3-4-8-15)14(18)10-11-5-6-13(17)12(16)9-11/h5-6,9,14,18H,2-4,7-8,10H2,1H3. The minimum atomic E-state index is -0.402. The SMILES string of the molecule is CCC1(C(O)Cc2ccc(F)c(Cl)c2)CCCC1. The molecular formula is C15H20ClFO. The molecule has 1 unspecified atom stereocenters. The zero-order valence-electron chi connectivity index (χ0n) is 10.8. The smallest absolute Gasteiger partial charge is 0.141 e. The Labute approximate surface area is 113 Å². The van der Waals surface area contributed by atoms with Crippen molar-refractivity contribution in [3.8, 4) is 0 Å². The van der Waals surface area contributed by atoms with E-state index in [9.17, 15) is 9.50 Å². The number of aliphatic hydroxyl groups is 1. The molecule has 100 valence electrons. The Morgan fingerprint density at radius 1 is 1.39 bits per heavy atom. The second kappa shape index (κ2) is 5.58. The Morgan fingerprint density at radius 2 is 2.06 bits per heavy atom. The van der Waals surface area contributed by atoms with Gasteiger partial charge in [0.1, 0.15) is 5.82 Å². The fourth-order valence-corrected chi connectivity index (χ4v) is 3.31. The maximum absolute atomic E-state index is 13.1. The molecule has 2 rings (SSSR count). The van der Waals surface area contributed by atoms with Gasteiger partial charge in [0, 0.05) is 0 Å². The van der Waals surface area contributed by atoms with Crippen LogP contribution in [-0.2, 0) is 6.42 Å². The van der Waals surface area contributed by atoms with Crippen molar-refractivity contribution in [2.24, 2.45) is 5.41 Å². The maximum atomic E-state index is 13.1. The number of benzene rings is 1. The zero-order valence-corrected chi connectivity index (χ0v) is 11.5. The van der Waals surface area contributed by atoms with E-state index in [1.807, 2.05) is 0 Å². The molecule has 0 amide bonds. The molecule has 0 aliphatic heterocycles. The Balaban J connectivity index is 2.10. The lowest BCUT2D eigenvalue weighted by atomic mass is 9.76. The Bertz CT molecular complexity index is 413. The Hall–Kier alpha value is -0.600. The average Bonchev–Trinajstić information content (AvgIpc) is 2.84. The third-order valence-corrected chi connectivity index (χ3v) is 4.71. The van der Waals surface area contributed by atoms with Crippen molar-refractivity contribution >= 4 is 11.6 Å². The van der Waals surface area contributed by atoms with E-state index in [0.717, 1.165) is 24.8 Å². The van der Waals surface area contributed by atoms with Gasteiger partial charge < -0.3 is 5.11 Å². The maximum Gasteiger partial charge on any atom is 0.141 e. The first-order valence-electron chi connectivity index (χ1n) is 6.69. The lowest BCUT2D eigenvalue weighted by Gasteiger charge is -2.33. The molecule has 0 aromatic heterocycles. The fourth-order valence-electron chi connectivity index (χ4n) is 3.11. The lowest BCUT2D eigenvalue weighted by molar-refractivity contribution is 0.0257. The number of hydrogen-bond donors (Lipinski definition) is 1. The molecule has 1 N–H and O–H groups in total. The lowest BCUT2D eigenvalue weighted by Crippen LogP contribution is -2.33. The Kier molecular flexibility index (Phi) is 4.29. The molecule has 1 aromatic carbocycles. The topological polar surface area (TPSA) is 20.2 Å². The van der Waals surface area contributed by atoms with Crippen LogP contribution in [0.1, 0.15) is 44.6 Å². The van der Waals surface area contributed by atoms with Crippen molar-refractivity contribution in [1.29, 1.82) is 0 Å². The summed E-state index contributed by atoms with van der Waals surface area (Å²) in [6.07, 6.45) is 5.81. The molecule has 1 aromatic rings. The van der Waals surface area contributed by atoms with Crippen LogP contribution >= 0.6 is 11.6 Å². The third-order valence-electron chi connectivity index (χ3n) is 4.42. The third kappa shape index (κ3) is 2.70. The summed E-state index contributed by atoms with van der Waals surface area (Å²) in [6.45, 7) is 2.15. The molecule has 3 heteroatoms. The van der Waals surface area contributed by atoms with Crippen molar-refractivity contribution in [2.45, 2.75) is 51.6 Å². The van der Waals surface area contributed by atoms with Crippen LogP contribution in [0.3, 0.4) is 0 Å². The first-order chi connectivity index (χ1) is 8.57. The van der Waals surface area contributed by atoms with E-state index in [-0.39, 0.29) is 16.5 Å². The molecule has 1 nitrogen and oxygen atoms in total. The Morgan fingerprint density at radius 3 is 2.61 bits per heavy atom. The number of hydrogen-bond acceptors (Lipinski definition) is 1. The van der Waals surface area contributed by atoms with E-state index >= 15 is 0 Å². The van der Waals surface area contributed by atoms with Gasteiger partial charge in [0.25, 0.3) is 0 Å². The monoisotopic (exact) mass is 270 g/mol.